The quantitative estimate of drug-likeness (QED) is 0.885. The first-order chi connectivity index (χ1) is 11.3. The summed E-state index contributed by atoms with van der Waals surface area (Å²) in [6, 6.07) is 3.62. The summed E-state index contributed by atoms with van der Waals surface area (Å²) in [6.45, 7) is -0.219. The third-order valence-corrected chi connectivity index (χ3v) is 5.83. The number of aromatic nitrogens is 3. The Morgan fingerprint density at radius 1 is 1.42 bits per heavy atom. The number of nitrogens with two attached hydrogens (primary N) is 1. The smallest absolute Gasteiger partial charge is 0.382 e. The van der Waals surface area contributed by atoms with E-state index >= 15 is 0 Å². The van der Waals surface area contributed by atoms with Crippen LogP contribution in [0.25, 0.3) is 11.3 Å². The lowest BCUT2D eigenvalue weighted by Gasteiger charge is -2.13. The number of piperidine rings is 1. The number of nitrogens with zero attached hydrogens (tertiary/aromatic N) is 3. The molecule has 126 valence electrons. The van der Waals surface area contributed by atoms with Crippen LogP contribution in [-0.4, -0.2) is 33.5 Å². The number of fused-ring (bicyclic) bond motifs is 1. The average molecular weight is 356 g/mol. The minimum Gasteiger partial charge on any atom is -0.382 e. The molecule has 2 saturated heterocycles. The molecule has 4 fully saturated rings. The van der Waals surface area contributed by atoms with Gasteiger partial charge in [0.05, 0.1) is 10.7 Å². The molecule has 5 nitrogen and oxygen atoms in total. The van der Waals surface area contributed by atoms with Crippen molar-refractivity contribution in [3.63, 3.8) is 0 Å². The Labute approximate surface area is 140 Å². The molecule has 6 rings (SSSR count). The number of halogens is 4. The van der Waals surface area contributed by atoms with E-state index in [9.17, 15) is 13.2 Å². The number of anilines is 1. The maximum absolute atomic E-state index is 13.0. The summed E-state index contributed by atoms with van der Waals surface area (Å²) in [6.07, 6.45) is -2.84. The predicted octanol–water partition coefficient (Wildman–Crippen LogP) is 2.21. The van der Waals surface area contributed by atoms with E-state index in [0.717, 1.165) is 11.2 Å². The Balaban J connectivity index is 1.59. The molecule has 2 saturated carbocycles. The maximum atomic E-state index is 13.0. The second-order valence-corrected chi connectivity index (χ2v) is 7.14. The second kappa shape index (κ2) is 4.23. The van der Waals surface area contributed by atoms with Crippen LogP contribution in [0.1, 0.15) is 5.69 Å². The van der Waals surface area contributed by atoms with Crippen LogP contribution in [0.3, 0.4) is 0 Å². The van der Waals surface area contributed by atoms with Crippen LogP contribution in [0.4, 0.5) is 19.0 Å². The van der Waals surface area contributed by atoms with E-state index in [0.29, 0.717) is 34.8 Å². The first-order valence-electron chi connectivity index (χ1n) is 7.62. The molecule has 3 N–H and O–H groups in total. The van der Waals surface area contributed by atoms with Crippen LogP contribution in [0.5, 0.6) is 0 Å². The highest BCUT2D eigenvalue weighted by Crippen LogP contribution is 2.82. The molecule has 2 aliphatic carbocycles. The first kappa shape index (κ1) is 14.5. The van der Waals surface area contributed by atoms with Gasteiger partial charge in [-0.05, 0) is 30.5 Å². The first-order valence-corrected chi connectivity index (χ1v) is 8.00. The second-order valence-electron chi connectivity index (χ2n) is 6.73. The molecule has 4 aliphatic rings. The molecule has 4 atom stereocenters. The van der Waals surface area contributed by atoms with E-state index in [-0.39, 0.29) is 16.3 Å². The molecule has 9 heteroatoms. The number of nitrogens with one attached hydrogen (secondary N) is 1. The van der Waals surface area contributed by atoms with Crippen LogP contribution >= 0.6 is 11.6 Å². The summed E-state index contributed by atoms with van der Waals surface area (Å²) in [5.41, 5.74) is 7.10. The largest absolute Gasteiger partial charge is 0.408 e. The fraction of sp³-hybridized carbons (Fsp3) is 0.467. The molecular formula is C15H13ClF3N5. The van der Waals surface area contributed by atoms with Gasteiger partial charge in [-0.25, -0.2) is 4.98 Å². The molecule has 0 spiro atoms. The molecule has 0 radical (unpaired) electrons. The summed E-state index contributed by atoms with van der Waals surface area (Å²) in [5, 5.41) is 7.81. The highest BCUT2D eigenvalue weighted by atomic mass is 35.5. The highest BCUT2D eigenvalue weighted by molar-refractivity contribution is 6.33. The lowest BCUT2D eigenvalue weighted by Crippen LogP contribution is -2.24. The van der Waals surface area contributed by atoms with Crippen molar-refractivity contribution in [2.45, 2.75) is 24.2 Å². The van der Waals surface area contributed by atoms with Crippen LogP contribution in [0.2, 0.25) is 5.02 Å². The number of hydrogen-bond donors (Lipinski definition) is 2. The van der Waals surface area contributed by atoms with Crippen molar-refractivity contribution in [2.75, 3.05) is 12.3 Å². The predicted molar refractivity (Wildman–Crippen MR) is 81.4 cm³/mol. The number of hydrogen-bond acceptors (Lipinski definition) is 4. The van der Waals surface area contributed by atoms with E-state index in [4.69, 9.17) is 17.3 Å². The number of rotatable bonds is 3. The van der Waals surface area contributed by atoms with E-state index in [2.05, 4.69) is 15.4 Å². The summed E-state index contributed by atoms with van der Waals surface area (Å²) < 4.78 is 40.0. The lowest BCUT2D eigenvalue weighted by atomic mass is 10.0. The molecule has 2 aromatic heterocycles. The van der Waals surface area contributed by atoms with Gasteiger partial charge in [0.2, 0.25) is 0 Å². The minimum absolute atomic E-state index is 0.151. The van der Waals surface area contributed by atoms with Gasteiger partial charge >= 0.3 is 6.18 Å². The molecule has 2 aliphatic heterocycles. The van der Waals surface area contributed by atoms with Gasteiger partial charge in [0.1, 0.15) is 12.4 Å². The zero-order valence-electron chi connectivity index (χ0n) is 12.3. The normalized spacial score (nSPS) is 32.8. The van der Waals surface area contributed by atoms with Crippen molar-refractivity contribution in [3.05, 3.63) is 29.0 Å². The minimum atomic E-state index is -4.32. The van der Waals surface area contributed by atoms with Crippen molar-refractivity contribution in [1.82, 2.24) is 20.1 Å². The van der Waals surface area contributed by atoms with Crippen LogP contribution < -0.4 is 11.1 Å². The van der Waals surface area contributed by atoms with E-state index in [1.807, 2.05) is 0 Å². The summed E-state index contributed by atoms with van der Waals surface area (Å²) in [7, 11) is 0. The Morgan fingerprint density at radius 3 is 2.79 bits per heavy atom. The molecular weight excluding hydrogens is 343 g/mol. The Morgan fingerprint density at radius 2 is 2.21 bits per heavy atom. The third kappa shape index (κ3) is 1.75. The highest BCUT2D eigenvalue weighted by Gasteiger charge is 2.91. The molecule has 2 bridgehead atoms. The number of pyridine rings is 1. The van der Waals surface area contributed by atoms with Gasteiger partial charge in [-0.2, -0.15) is 18.3 Å². The van der Waals surface area contributed by atoms with Gasteiger partial charge in [0.25, 0.3) is 0 Å². The maximum Gasteiger partial charge on any atom is 0.408 e. The van der Waals surface area contributed by atoms with Crippen LogP contribution in [-0.2, 0) is 12.0 Å². The van der Waals surface area contributed by atoms with Gasteiger partial charge in [-0.3, -0.25) is 4.68 Å². The van der Waals surface area contributed by atoms with Crippen molar-refractivity contribution in [1.29, 1.82) is 0 Å². The van der Waals surface area contributed by atoms with Crippen LogP contribution in [0, 0.1) is 11.8 Å². The standard InChI is InChI=1S/C15H13ClF3N5/c16-8-1-6(3-22-13(8)20)9-2-10(24(23-9)5-14(17,18)19)15-7-4-21-12(15)11(7)15/h1-3,7,11-12,21H,4-5H2,(H2,20,22)/t7-,11-,12?,15-/m0/s1. The zero-order valence-corrected chi connectivity index (χ0v) is 13.1. The molecule has 1 unspecified atom stereocenters. The van der Waals surface area contributed by atoms with Crippen molar-refractivity contribution < 1.29 is 13.2 Å². The Hall–Kier alpha value is -1.80. The summed E-state index contributed by atoms with van der Waals surface area (Å²) in [4.78, 5) is 3.96. The fourth-order valence-electron chi connectivity index (χ4n) is 4.44. The third-order valence-electron chi connectivity index (χ3n) is 5.53. The van der Waals surface area contributed by atoms with Crippen molar-refractivity contribution in [2.24, 2.45) is 11.8 Å². The Bertz CT molecular complexity index is 840. The topological polar surface area (TPSA) is 68.8 Å². The number of nitrogen functional groups attached to an aromatic ring is 1. The SMILES string of the molecule is Nc1ncc(-c2cc([C@@]34C5NC[C@H]3[C@@H]54)n(CC(F)(F)F)n2)cc1Cl. The Kier molecular flexibility index (Phi) is 2.56. The average Bonchev–Trinajstić information content (AvgIpc) is 3.05. The fourth-order valence-corrected chi connectivity index (χ4v) is 4.61. The van der Waals surface area contributed by atoms with Gasteiger partial charge in [0, 0.05) is 28.9 Å². The lowest BCUT2D eigenvalue weighted by molar-refractivity contribution is -0.143. The van der Waals surface area contributed by atoms with Gasteiger partial charge in [-0.1, -0.05) is 11.6 Å². The van der Waals surface area contributed by atoms with Gasteiger partial charge in [-0.15, -0.1) is 0 Å². The van der Waals surface area contributed by atoms with Crippen LogP contribution in [0.15, 0.2) is 18.3 Å². The van der Waals surface area contributed by atoms with Gasteiger partial charge < -0.3 is 11.1 Å². The molecule has 0 aromatic carbocycles. The number of alkyl halides is 3. The monoisotopic (exact) mass is 355 g/mol. The summed E-state index contributed by atoms with van der Waals surface area (Å²) in [5.74, 6) is 1.08. The molecule has 24 heavy (non-hydrogen) atoms. The van der Waals surface area contributed by atoms with Crippen molar-refractivity contribution >= 4 is 17.4 Å². The molecule has 2 aromatic rings. The summed E-state index contributed by atoms with van der Waals surface area (Å²) >= 11 is 5.97. The van der Waals surface area contributed by atoms with Crippen molar-refractivity contribution in [3.8, 4) is 11.3 Å². The van der Waals surface area contributed by atoms with E-state index in [1.54, 1.807) is 12.1 Å². The molecule has 4 heterocycles. The molecule has 0 amide bonds. The zero-order chi connectivity index (χ0) is 16.9. The van der Waals surface area contributed by atoms with Gasteiger partial charge in [0.15, 0.2) is 0 Å². The van der Waals surface area contributed by atoms with E-state index in [1.165, 1.54) is 6.20 Å². The van der Waals surface area contributed by atoms with E-state index < -0.39 is 12.7 Å².